The summed E-state index contributed by atoms with van der Waals surface area (Å²) in [6.07, 6.45) is 0. The number of hydrogen-bond acceptors (Lipinski definition) is 6. The lowest BCUT2D eigenvalue weighted by molar-refractivity contribution is 0.102. The number of aromatic nitrogens is 2. The van der Waals surface area contributed by atoms with Crippen LogP contribution in [0.4, 0.5) is 11.6 Å². The second-order valence-corrected chi connectivity index (χ2v) is 5.48. The van der Waals surface area contributed by atoms with E-state index in [-0.39, 0.29) is 5.91 Å². The maximum absolute atomic E-state index is 12.5. The minimum Gasteiger partial charge on any atom is -0.497 e. The van der Waals surface area contributed by atoms with Crippen LogP contribution in [0.5, 0.6) is 5.75 Å². The number of ether oxygens (including phenoxy) is 2. The molecule has 0 saturated carbocycles. The third-order valence-corrected chi connectivity index (χ3v) is 3.70. The summed E-state index contributed by atoms with van der Waals surface area (Å²) in [4.78, 5) is 23.4. The molecule has 7 nitrogen and oxygen atoms in total. The molecule has 0 radical (unpaired) electrons. The number of nitrogens with one attached hydrogen (secondary N) is 1. The molecule has 1 aromatic carbocycles. The summed E-state index contributed by atoms with van der Waals surface area (Å²) in [7, 11) is 1.59. The molecule has 1 aromatic heterocycles. The van der Waals surface area contributed by atoms with E-state index in [2.05, 4.69) is 15.3 Å². The van der Waals surface area contributed by atoms with Crippen LogP contribution in [-0.4, -0.2) is 49.3 Å². The van der Waals surface area contributed by atoms with Crippen molar-refractivity contribution in [1.82, 2.24) is 9.97 Å². The molecule has 1 fully saturated rings. The first-order chi connectivity index (χ1) is 11.7. The molecule has 1 N–H and O–H groups in total. The Morgan fingerprint density at radius 2 is 2.04 bits per heavy atom. The number of benzene rings is 1. The monoisotopic (exact) mass is 328 g/mol. The third-order valence-electron chi connectivity index (χ3n) is 3.70. The van der Waals surface area contributed by atoms with Crippen molar-refractivity contribution in [2.24, 2.45) is 0 Å². The predicted molar refractivity (Wildman–Crippen MR) is 90.7 cm³/mol. The van der Waals surface area contributed by atoms with Gasteiger partial charge in [-0.1, -0.05) is 6.07 Å². The summed E-state index contributed by atoms with van der Waals surface area (Å²) in [5, 5.41) is 2.84. The molecule has 1 aliphatic heterocycles. The Labute approximate surface area is 140 Å². The van der Waals surface area contributed by atoms with Gasteiger partial charge < -0.3 is 19.7 Å². The zero-order valence-corrected chi connectivity index (χ0v) is 13.8. The van der Waals surface area contributed by atoms with Gasteiger partial charge in [-0.05, 0) is 25.1 Å². The summed E-state index contributed by atoms with van der Waals surface area (Å²) < 4.78 is 10.5. The molecule has 0 spiro atoms. The number of aryl methyl sites for hydroxylation is 1. The van der Waals surface area contributed by atoms with Crippen molar-refractivity contribution in [3.05, 3.63) is 41.7 Å². The first kappa shape index (κ1) is 16.2. The van der Waals surface area contributed by atoms with Crippen LogP contribution in [0.1, 0.15) is 16.2 Å². The van der Waals surface area contributed by atoms with Crippen LogP contribution in [0, 0.1) is 6.92 Å². The van der Waals surface area contributed by atoms with Gasteiger partial charge in [0.05, 0.1) is 20.3 Å². The fourth-order valence-corrected chi connectivity index (χ4v) is 2.47. The van der Waals surface area contributed by atoms with E-state index >= 15 is 0 Å². The number of nitrogens with zero attached hydrogens (tertiary/aromatic N) is 3. The maximum Gasteiger partial charge on any atom is 0.274 e. The first-order valence-corrected chi connectivity index (χ1v) is 7.79. The van der Waals surface area contributed by atoms with Gasteiger partial charge in [0.15, 0.2) is 0 Å². The van der Waals surface area contributed by atoms with Crippen LogP contribution in [0.15, 0.2) is 30.3 Å². The highest BCUT2D eigenvalue weighted by atomic mass is 16.5. The summed E-state index contributed by atoms with van der Waals surface area (Å²) in [5.41, 5.74) is 1.75. The molecule has 3 rings (SSSR count). The molecular formula is C17H20N4O3. The molecule has 0 unspecified atom stereocenters. The van der Waals surface area contributed by atoms with Crippen molar-refractivity contribution in [3.63, 3.8) is 0 Å². The lowest BCUT2D eigenvalue weighted by Gasteiger charge is -2.27. The molecule has 1 aliphatic rings. The highest BCUT2D eigenvalue weighted by molar-refractivity contribution is 6.03. The molecule has 2 aromatic rings. The number of rotatable bonds is 4. The molecule has 0 bridgehead atoms. The summed E-state index contributed by atoms with van der Waals surface area (Å²) in [6, 6.07) is 8.88. The van der Waals surface area contributed by atoms with Crippen molar-refractivity contribution in [2.75, 3.05) is 43.6 Å². The van der Waals surface area contributed by atoms with Gasteiger partial charge in [-0.2, -0.15) is 0 Å². The van der Waals surface area contributed by atoms with Crippen LogP contribution in [0.25, 0.3) is 0 Å². The lowest BCUT2D eigenvalue weighted by atomic mass is 10.2. The number of methoxy groups -OCH3 is 1. The van der Waals surface area contributed by atoms with Gasteiger partial charge in [0.2, 0.25) is 5.95 Å². The molecule has 0 aliphatic carbocycles. The van der Waals surface area contributed by atoms with Crippen molar-refractivity contribution in [2.45, 2.75) is 6.92 Å². The zero-order chi connectivity index (χ0) is 16.9. The zero-order valence-electron chi connectivity index (χ0n) is 13.8. The van der Waals surface area contributed by atoms with Crippen molar-refractivity contribution < 1.29 is 14.3 Å². The minimum absolute atomic E-state index is 0.275. The first-order valence-electron chi connectivity index (χ1n) is 7.79. The molecule has 1 amide bonds. The van der Waals surface area contributed by atoms with E-state index in [1.54, 1.807) is 25.3 Å². The fourth-order valence-electron chi connectivity index (χ4n) is 2.47. The molecule has 24 heavy (non-hydrogen) atoms. The van der Waals surface area contributed by atoms with Gasteiger partial charge in [0.25, 0.3) is 5.91 Å². The van der Waals surface area contributed by atoms with E-state index in [4.69, 9.17) is 9.47 Å². The number of carbonyl (C=O) groups is 1. The SMILES string of the molecule is COc1cccc(NC(=O)c2cc(C)nc(N3CCOCC3)n2)c1. The molecule has 2 heterocycles. The Morgan fingerprint density at radius 1 is 1.25 bits per heavy atom. The number of carbonyl (C=O) groups excluding carboxylic acids is 1. The summed E-state index contributed by atoms with van der Waals surface area (Å²) in [5.74, 6) is 0.970. The Hall–Kier alpha value is -2.67. The lowest BCUT2D eigenvalue weighted by Crippen LogP contribution is -2.37. The molecule has 0 atom stereocenters. The van der Waals surface area contributed by atoms with E-state index in [9.17, 15) is 4.79 Å². The van der Waals surface area contributed by atoms with Crippen molar-refractivity contribution >= 4 is 17.5 Å². The highest BCUT2D eigenvalue weighted by Gasteiger charge is 2.17. The highest BCUT2D eigenvalue weighted by Crippen LogP contribution is 2.18. The third kappa shape index (κ3) is 3.80. The predicted octanol–water partition coefficient (Wildman–Crippen LogP) is 1.88. The normalized spacial score (nSPS) is 14.3. The van der Waals surface area contributed by atoms with Gasteiger partial charge in [0.1, 0.15) is 11.4 Å². The van der Waals surface area contributed by atoms with Crippen LogP contribution >= 0.6 is 0 Å². The molecular weight excluding hydrogens is 308 g/mol. The van der Waals surface area contributed by atoms with E-state index < -0.39 is 0 Å². The van der Waals surface area contributed by atoms with E-state index in [0.29, 0.717) is 36.3 Å². The summed E-state index contributed by atoms with van der Waals surface area (Å²) in [6.45, 7) is 4.58. The van der Waals surface area contributed by atoms with Gasteiger partial charge in [0, 0.05) is 30.5 Å². The van der Waals surface area contributed by atoms with Gasteiger partial charge in [-0.25, -0.2) is 9.97 Å². The van der Waals surface area contributed by atoms with E-state index in [1.165, 1.54) is 0 Å². The van der Waals surface area contributed by atoms with Gasteiger partial charge >= 0.3 is 0 Å². The van der Waals surface area contributed by atoms with Crippen LogP contribution in [0.3, 0.4) is 0 Å². The smallest absolute Gasteiger partial charge is 0.274 e. The topological polar surface area (TPSA) is 76.6 Å². The Bertz CT molecular complexity index is 730. The van der Waals surface area contributed by atoms with E-state index in [0.717, 1.165) is 18.8 Å². The Kier molecular flexibility index (Phi) is 4.90. The average molecular weight is 328 g/mol. The quantitative estimate of drug-likeness (QED) is 0.923. The van der Waals surface area contributed by atoms with Crippen molar-refractivity contribution in [1.29, 1.82) is 0 Å². The Balaban J connectivity index is 1.79. The number of anilines is 2. The van der Waals surface area contributed by atoms with Crippen LogP contribution in [0.2, 0.25) is 0 Å². The minimum atomic E-state index is -0.275. The largest absolute Gasteiger partial charge is 0.497 e. The van der Waals surface area contributed by atoms with E-state index in [1.807, 2.05) is 24.0 Å². The second kappa shape index (κ2) is 7.27. The van der Waals surface area contributed by atoms with Crippen molar-refractivity contribution in [3.8, 4) is 5.75 Å². The number of amides is 1. The standard InChI is InChI=1S/C17H20N4O3/c1-12-10-15(20-17(18-12)21-6-8-24-9-7-21)16(22)19-13-4-3-5-14(11-13)23-2/h3-5,10-11H,6-9H2,1-2H3,(H,19,22). The maximum atomic E-state index is 12.5. The summed E-state index contributed by atoms with van der Waals surface area (Å²) >= 11 is 0. The molecule has 126 valence electrons. The molecule has 7 heteroatoms. The number of morpholine rings is 1. The van der Waals surface area contributed by atoms with Crippen LogP contribution < -0.4 is 15.0 Å². The molecule has 1 saturated heterocycles. The van der Waals surface area contributed by atoms with Gasteiger partial charge in [-0.3, -0.25) is 4.79 Å². The Morgan fingerprint density at radius 3 is 2.79 bits per heavy atom. The fraction of sp³-hybridized carbons (Fsp3) is 0.353. The number of hydrogen-bond donors (Lipinski definition) is 1. The van der Waals surface area contributed by atoms with Crippen LogP contribution in [-0.2, 0) is 4.74 Å². The average Bonchev–Trinajstić information content (AvgIpc) is 2.62. The van der Waals surface area contributed by atoms with Gasteiger partial charge in [-0.15, -0.1) is 0 Å². The second-order valence-electron chi connectivity index (χ2n) is 5.48.